The molecule has 96 valence electrons. The summed E-state index contributed by atoms with van der Waals surface area (Å²) in [6, 6.07) is 2.32. The van der Waals surface area contributed by atoms with Gasteiger partial charge in [-0.2, -0.15) is 0 Å². The fourth-order valence-corrected chi connectivity index (χ4v) is 2.39. The lowest BCUT2D eigenvalue weighted by Crippen LogP contribution is -2.21. The molecule has 0 saturated heterocycles. The minimum atomic E-state index is 0.225. The molecule has 1 N–H and O–H groups in total. The van der Waals surface area contributed by atoms with Gasteiger partial charge in [-0.05, 0) is 41.5 Å². The van der Waals surface area contributed by atoms with Crippen LogP contribution < -0.4 is 5.32 Å². The Hall–Kier alpha value is -1.20. The molecule has 1 unspecified atom stereocenters. The molecule has 1 atom stereocenters. The van der Waals surface area contributed by atoms with Gasteiger partial charge in [0.25, 0.3) is 0 Å². The van der Waals surface area contributed by atoms with E-state index in [1.54, 1.807) is 6.20 Å². The second-order valence-electron chi connectivity index (χ2n) is 4.11. The van der Waals surface area contributed by atoms with Gasteiger partial charge in [-0.3, -0.25) is 4.98 Å². The van der Waals surface area contributed by atoms with E-state index in [0.29, 0.717) is 0 Å². The SMILES string of the molecule is CCn1ccnc1CC(NC)c1cncc(Br)c1. The van der Waals surface area contributed by atoms with Gasteiger partial charge in [-0.25, -0.2) is 4.98 Å². The summed E-state index contributed by atoms with van der Waals surface area (Å²) in [7, 11) is 1.96. The lowest BCUT2D eigenvalue weighted by molar-refractivity contribution is 0.551. The highest BCUT2D eigenvalue weighted by Crippen LogP contribution is 2.19. The summed E-state index contributed by atoms with van der Waals surface area (Å²) in [5.74, 6) is 1.09. The lowest BCUT2D eigenvalue weighted by atomic mass is 10.1. The van der Waals surface area contributed by atoms with Crippen molar-refractivity contribution in [1.29, 1.82) is 0 Å². The predicted octanol–water partition coefficient (Wildman–Crippen LogP) is 2.56. The average molecular weight is 309 g/mol. The van der Waals surface area contributed by atoms with Crippen LogP contribution >= 0.6 is 15.9 Å². The van der Waals surface area contributed by atoms with E-state index in [4.69, 9.17) is 0 Å². The van der Waals surface area contributed by atoms with Crippen LogP contribution in [0.15, 0.2) is 35.3 Å². The van der Waals surface area contributed by atoms with Gasteiger partial charge in [0.05, 0.1) is 0 Å². The zero-order valence-corrected chi connectivity index (χ0v) is 12.2. The van der Waals surface area contributed by atoms with E-state index in [0.717, 1.165) is 28.8 Å². The van der Waals surface area contributed by atoms with Crippen LogP contribution in [0.5, 0.6) is 0 Å². The van der Waals surface area contributed by atoms with E-state index in [-0.39, 0.29) is 6.04 Å². The molecule has 0 aliphatic rings. The van der Waals surface area contributed by atoms with Crippen LogP contribution in [0.2, 0.25) is 0 Å². The fourth-order valence-electron chi connectivity index (χ4n) is 2.01. The minimum absolute atomic E-state index is 0.225. The van der Waals surface area contributed by atoms with Crippen molar-refractivity contribution in [1.82, 2.24) is 19.9 Å². The maximum Gasteiger partial charge on any atom is 0.110 e. The Morgan fingerprint density at radius 2 is 2.28 bits per heavy atom. The maximum atomic E-state index is 4.41. The van der Waals surface area contributed by atoms with Crippen molar-refractivity contribution in [2.24, 2.45) is 0 Å². The van der Waals surface area contributed by atoms with Gasteiger partial charge in [-0.15, -0.1) is 0 Å². The molecule has 0 amide bonds. The number of hydrogen-bond donors (Lipinski definition) is 1. The van der Waals surface area contributed by atoms with Gasteiger partial charge in [-0.1, -0.05) is 0 Å². The number of rotatable bonds is 5. The Labute approximate surface area is 116 Å². The van der Waals surface area contributed by atoms with Gasteiger partial charge in [0, 0.05) is 48.3 Å². The van der Waals surface area contributed by atoms with Gasteiger partial charge >= 0.3 is 0 Å². The summed E-state index contributed by atoms with van der Waals surface area (Å²) >= 11 is 3.45. The number of halogens is 1. The van der Waals surface area contributed by atoms with Crippen molar-refractivity contribution < 1.29 is 0 Å². The minimum Gasteiger partial charge on any atom is -0.335 e. The van der Waals surface area contributed by atoms with Crippen molar-refractivity contribution in [3.05, 3.63) is 46.7 Å². The number of nitrogens with zero attached hydrogens (tertiary/aromatic N) is 3. The van der Waals surface area contributed by atoms with Crippen LogP contribution in [-0.4, -0.2) is 21.6 Å². The average Bonchev–Trinajstić information content (AvgIpc) is 2.83. The molecule has 2 rings (SSSR count). The number of imidazole rings is 1. The second kappa shape index (κ2) is 6.11. The van der Waals surface area contributed by atoms with Gasteiger partial charge in [0.1, 0.15) is 5.82 Å². The van der Waals surface area contributed by atoms with Crippen LogP contribution in [0.25, 0.3) is 0 Å². The zero-order chi connectivity index (χ0) is 13.0. The highest BCUT2D eigenvalue weighted by molar-refractivity contribution is 9.10. The highest BCUT2D eigenvalue weighted by atomic mass is 79.9. The van der Waals surface area contributed by atoms with Crippen LogP contribution in [0, 0.1) is 0 Å². The molecule has 5 heteroatoms. The second-order valence-corrected chi connectivity index (χ2v) is 5.03. The predicted molar refractivity (Wildman–Crippen MR) is 75.3 cm³/mol. The monoisotopic (exact) mass is 308 g/mol. The van der Waals surface area contributed by atoms with E-state index in [1.165, 1.54) is 0 Å². The van der Waals surface area contributed by atoms with Crippen LogP contribution in [0.3, 0.4) is 0 Å². The molecule has 4 nitrogen and oxygen atoms in total. The summed E-state index contributed by atoms with van der Waals surface area (Å²) in [6.45, 7) is 3.07. The number of aromatic nitrogens is 3. The number of hydrogen-bond acceptors (Lipinski definition) is 3. The Balaban J connectivity index is 2.20. The molecule has 0 aromatic carbocycles. The molecule has 2 aromatic heterocycles. The van der Waals surface area contributed by atoms with E-state index in [2.05, 4.69) is 48.8 Å². The summed E-state index contributed by atoms with van der Waals surface area (Å²) in [5.41, 5.74) is 1.16. The summed E-state index contributed by atoms with van der Waals surface area (Å²) < 4.78 is 3.16. The molecule has 0 fully saturated rings. The molecule has 0 bridgehead atoms. The molecule has 0 spiro atoms. The van der Waals surface area contributed by atoms with E-state index in [1.807, 2.05) is 25.6 Å². The number of nitrogens with one attached hydrogen (secondary N) is 1. The first kappa shape index (κ1) is 13.2. The quantitative estimate of drug-likeness (QED) is 0.923. The summed E-state index contributed by atoms with van der Waals surface area (Å²) in [4.78, 5) is 8.62. The van der Waals surface area contributed by atoms with Crippen LogP contribution in [0.4, 0.5) is 0 Å². The Bertz CT molecular complexity index is 509. The van der Waals surface area contributed by atoms with Crippen molar-refractivity contribution in [2.45, 2.75) is 25.9 Å². The van der Waals surface area contributed by atoms with E-state index >= 15 is 0 Å². The molecule has 0 radical (unpaired) electrons. The smallest absolute Gasteiger partial charge is 0.110 e. The molecule has 0 aliphatic heterocycles. The molecular formula is C13H17BrN4. The number of aryl methyl sites for hydroxylation is 1. The zero-order valence-electron chi connectivity index (χ0n) is 10.6. The molecule has 0 saturated carbocycles. The molecule has 0 aliphatic carbocycles. The van der Waals surface area contributed by atoms with Crippen molar-refractivity contribution in [3.63, 3.8) is 0 Å². The Kier molecular flexibility index (Phi) is 4.49. The molecule has 2 heterocycles. The Morgan fingerprint density at radius 3 is 2.94 bits per heavy atom. The fraction of sp³-hybridized carbons (Fsp3) is 0.385. The maximum absolute atomic E-state index is 4.41. The topological polar surface area (TPSA) is 42.7 Å². The van der Waals surface area contributed by atoms with Crippen molar-refractivity contribution >= 4 is 15.9 Å². The summed E-state index contributed by atoms with van der Waals surface area (Å²) in [5, 5.41) is 3.32. The number of pyridine rings is 1. The third-order valence-corrected chi connectivity index (χ3v) is 3.44. The summed E-state index contributed by atoms with van der Waals surface area (Å²) in [6.07, 6.45) is 8.41. The third kappa shape index (κ3) is 2.97. The normalized spacial score (nSPS) is 12.6. The van der Waals surface area contributed by atoms with E-state index < -0.39 is 0 Å². The third-order valence-electron chi connectivity index (χ3n) is 3.01. The highest BCUT2D eigenvalue weighted by Gasteiger charge is 2.13. The van der Waals surface area contributed by atoms with Crippen molar-refractivity contribution in [2.75, 3.05) is 7.05 Å². The molecular weight excluding hydrogens is 292 g/mol. The van der Waals surface area contributed by atoms with Gasteiger partial charge in [0.15, 0.2) is 0 Å². The van der Waals surface area contributed by atoms with Crippen molar-refractivity contribution in [3.8, 4) is 0 Å². The van der Waals surface area contributed by atoms with Crippen LogP contribution in [-0.2, 0) is 13.0 Å². The Morgan fingerprint density at radius 1 is 1.44 bits per heavy atom. The lowest BCUT2D eigenvalue weighted by Gasteiger charge is -2.16. The number of likely N-dealkylation sites (N-methyl/N-ethyl adjacent to an activating group) is 1. The first-order valence-electron chi connectivity index (χ1n) is 6.02. The first-order chi connectivity index (χ1) is 8.74. The standard InChI is InChI=1S/C13H17BrN4/c1-3-18-5-4-17-13(18)7-12(15-2)10-6-11(14)9-16-8-10/h4-6,8-9,12,15H,3,7H2,1-2H3. The molecule has 18 heavy (non-hydrogen) atoms. The van der Waals surface area contributed by atoms with Gasteiger partial charge < -0.3 is 9.88 Å². The first-order valence-corrected chi connectivity index (χ1v) is 6.81. The largest absolute Gasteiger partial charge is 0.335 e. The van der Waals surface area contributed by atoms with Crippen LogP contribution in [0.1, 0.15) is 24.4 Å². The van der Waals surface area contributed by atoms with Gasteiger partial charge in [0.2, 0.25) is 0 Å². The molecule has 2 aromatic rings. The van der Waals surface area contributed by atoms with E-state index in [9.17, 15) is 0 Å².